The average Bonchev–Trinajstić information content (AvgIpc) is 2.54. The monoisotopic (exact) mass is 315 g/mol. The lowest BCUT2D eigenvalue weighted by molar-refractivity contribution is 0.0697. The van der Waals surface area contributed by atoms with Gasteiger partial charge in [0.25, 0.3) is 0 Å². The smallest absolute Gasteiger partial charge is 0.335 e. The number of hydrogen-bond acceptors (Lipinski definition) is 4. The molecule has 0 saturated heterocycles. The van der Waals surface area contributed by atoms with Gasteiger partial charge in [0.15, 0.2) is 11.5 Å². The van der Waals surface area contributed by atoms with Crippen molar-refractivity contribution in [2.45, 2.75) is 20.4 Å². The Labute approximate surface area is 135 Å². The molecule has 2 N–H and O–H groups in total. The lowest BCUT2D eigenvalue weighted by Crippen LogP contribution is -2.04. The number of hydrogen-bond donors (Lipinski definition) is 2. The molecule has 0 heterocycles. The summed E-state index contributed by atoms with van der Waals surface area (Å²) in [5, 5.41) is 12.4. The second-order valence-electron chi connectivity index (χ2n) is 5.11. The van der Waals surface area contributed by atoms with Crippen molar-refractivity contribution in [3.63, 3.8) is 0 Å². The highest BCUT2D eigenvalue weighted by Gasteiger charge is 2.08. The molecule has 0 aliphatic carbocycles. The average molecular weight is 315 g/mol. The van der Waals surface area contributed by atoms with E-state index in [1.54, 1.807) is 25.3 Å². The number of aryl methyl sites for hydroxylation is 1. The molecule has 2 rings (SSSR count). The molecule has 122 valence electrons. The topological polar surface area (TPSA) is 67.8 Å². The van der Waals surface area contributed by atoms with Crippen molar-refractivity contribution < 1.29 is 19.4 Å². The molecule has 0 spiro atoms. The Morgan fingerprint density at radius 1 is 1.17 bits per heavy atom. The third kappa shape index (κ3) is 4.16. The van der Waals surface area contributed by atoms with Crippen molar-refractivity contribution in [3.05, 3.63) is 53.1 Å². The van der Waals surface area contributed by atoms with E-state index in [4.69, 9.17) is 14.6 Å². The van der Waals surface area contributed by atoms with Gasteiger partial charge in [0.05, 0.1) is 19.3 Å². The highest BCUT2D eigenvalue weighted by Crippen LogP contribution is 2.28. The van der Waals surface area contributed by atoms with Crippen molar-refractivity contribution in [2.24, 2.45) is 0 Å². The SMILES string of the molecule is CCOc1cc(CNc2cc(C(=O)O)ccc2C)ccc1OC. The molecule has 0 amide bonds. The van der Waals surface area contributed by atoms with Crippen LogP contribution in [0.1, 0.15) is 28.4 Å². The molecular weight excluding hydrogens is 294 g/mol. The molecule has 2 aromatic rings. The van der Waals surface area contributed by atoms with Gasteiger partial charge in [0.1, 0.15) is 0 Å². The second-order valence-corrected chi connectivity index (χ2v) is 5.11. The zero-order valence-electron chi connectivity index (χ0n) is 13.6. The maximum Gasteiger partial charge on any atom is 0.335 e. The Hall–Kier alpha value is -2.69. The van der Waals surface area contributed by atoms with Crippen molar-refractivity contribution in [1.82, 2.24) is 0 Å². The van der Waals surface area contributed by atoms with Gasteiger partial charge in [-0.1, -0.05) is 12.1 Å². The van der Waals surface area contributed by atoms with Crippen LogP contribution in [0.25, 0.3) is 0 Å². The molecule has 0 saturated carbocycles. The minimum absolute atomic E-state index is 0.267. The molecule has 0 unspecified atom stereocenters. The summed E-state index contributed by atoms with van der Waals surface area (Å²) in [5.74, 6) is 0.459. The number of methoxy groups -OCH3 is 1. The second kappa shape index (κ2) is 7.54. The molecule has 0 atom stereocenters. The third-order valence-corrected chi connectivity index (χ3v) is 3.50. The first kappa shape index (κ1) is 16.7. The van der Waals surface area contributed by atoms with E-state index in [1.807, 2.05) is 32.0 Å². The number of carbonyl (C=O) groups is 1. The van der Waals surface area contributed by atoms with E-state index in [1.165, 1.54) is 0 Å². The molecule has 5 nitrogen and oxygen atoms in total. The first-order chi connectivity index (χ1) is 11.0. The van der Waals surface area contributed by atoms with E-state index in [0.29, 0.717) is 24.7 Å². The fourth-order valence-corrected chi connectivity index (χ4v) is 2.24. The molecule has 5 heteroatoms. The van der Waals surface area contributed by atoms with Gasteiger partial charge in [-0.05, 0) is 49.2 Å². The van der Waals surface area contributed by atoms with Gasteiger partial charge < -0.3 is 19.9 Å². The van der Waals surface area contributed by atoms with Gasteiger partial charge in [-0.2, -0.15) is 0 Å². The Balaban J connectivity index is 2.16. The minimum atomic E-state index is -0.934. The first-order valence-electron chi connectivity index (χ1n) is 7.42. The van der Waals surface area contributed by atoms with E-state index in [0.717, 1.165) is 16.8 Å². The Morgan fingerprint density at radius 3 is 2.61 bits per heavy atom. The quantitative estimate of drug-likeness (QED) is 0.815. The lowest BCUT2D eigenvalue weighted by atomic mass is 10.1. The van der Waals surface area contributed by atoms with Crippen LogP contribution in [-0.2, 0) is 6.54 Å². The van der Waals surface area contributed by atoms with Crippen LogP contribution >= 0.6 is 0 Å². The van der Waals surface area contributed by atoms with Gasteiger partial charge in [0, 0.05) is 12.2 Å². The van der Waals surface area contributed by atoms with Crippen LogP contribution in [0, 0.1) is 6.92 Å². The van der Waals surface area contributed by atoms with Crippen LogP contribution in [0.3, 0.4) is 0 Å². The van der Waals surface area contributed by atoms with E-state index in [-0.39, 0.29) is 5.56 Å². The minimum Gasteiger partial charge on any atom is -0.493 e. The molecule has 0 aliphatic heterocycles. The van der Waals surface area contributed by atoms with Crippen LogP contribution in [0.2, 0.25) is 0 Å². The molecule has 0 fully saturated rings. The summed E-state index contributed by atoms with van der Waals surface area (Å²) >= 11 is 0. The van der Waals surface area contributed by atoms with Crippen molar-refractivity contribution in [1.29, 1.82) is 0 Å². The Kier molecular flexibility index (Phi) is 5.46. The molecular formula is C18H21NO4. The summed E-state index contributed by atoms with van der Waals surface area (Å²) in [4.78, 5) is 11.1. The summed E-state index contributed by atoms with van der Waals surface area (Å²) < 4.78 is 10.8. The standard InChI is InChI=1S/C18H21NO4/c1-4-23-17-9-13(6-8-16(17)22-3)11-19-15-10-14(18(20)21)7-5-12(15)2/h5-10,19H,4,11H2,1-3H3,(H,20,21). The molecule has 2 aromatic carbocycles. The van der Waals surface area contributed by atoms with Gasteiger partial charge in [-0.15, -0.1) is 0 Å². The summed E-state index contributed by atoms with van der Waals surface area (Å²) in [5.41, 5.74) is 3.09. The molecule has 23 heavy (non-hydrogen) atoms. The van der Waals surface area contributed by atoms with Gasteiger partial charge in [0.2, 0.25) is 0 Å². The number of carboxylic acids is 1. The van der Waals surface area contributed by atoms with E-state index >= 15 is 0 Å². The zero-order chi connectivity index (χ0) is 16.8. The number of aromatic carboxylic acids is 1. The molecule has 0 radical (unpaired) electrons. The van der Waals surface area contributed by atoms with E-state index in [2.05, 4.69) is 5.32 Å². The fraction of sp³-hybridized carbons (Fsp3) is 0.278. The lowest BCUT2D eigenvalue weighted by Gasteiger charge is -2.13. The number of anilines is 1. The number of ether oxygens (including phenoxy) is 2. The Morgan fingerprint density at radius 2 is 1.96 bits per heavy atom. The van der Waals surface area contributed by atoms with Crippen LogP contribution in [0.4, 0.5) is 5.69 Å². The number of nitrogens with one attached hydrogen (secondary N) is 1. The van der Waals surface area contributed by atoms with Crippen molar-refractivity contribution >= 4 is 11.7 Å². The highest BCUT2D eigenvalue weighted by atomic mass is 16.5. The normalized spacial score (nSPS) is 10.2. The maximum atomic E-state index is 11.1. The first-order valence-corrected chi connectivity index (χ1v) is 7.42. The zero-order valence-corrected chi connectivity index (χ0v) is 13.6. The summed E-state index contributed by atoms with van der Waals surface area (Å²) in [7, 11) is 1.61. The van der Waals surface area contributed by atoms with Crippen LogP contribution in [-0.4, -0.2) is 24.8 Å². The summed E-state index contributed by atoms with van der Waals surface area (Å²) in [6, 6.07) is 10.8. The summed E-state index contributed by atoms with van der Waals surface area (Å²) in [6.45, 7) is 4.99. The maximum absolute atomic E-state index is 11.1. The van der Waals surface area contributed by atoms with Crippen LogP contribution in [0.5, 0.6) is 11.5 Å². The van der Waals surface area contributed by atoms with Crippen molar-refractivity contribution in [3.8, 4) is 11.5 Å². The largest absolute Gasteiger partial charge is 0.493 e. The van der Waals surface area contributed by atoms with Crippen LogP contribution in [0.15, 0.2) is 36.4 Å². The molecule has 0 bridgehead atoms. The number of benzene rings is 2. The predicted octanol–water partition coefficient (Wildman–Crippen LogP) is 3.71. The van der Waals surface area contributed by atoms with E-state index in [9.17, 15) is 4.79 Å². The van der Waals surface area contributed by atoms with Gasteiger partial charge >= 0.3 is 5.97 Å². The van der Waals surface area contributed by atoms with Crippen LogP contribution < -0.4 is 14.8 Å². The molecule has 0 aromatic heterocycles. The van der Waals surface area contributed by atoms with Crippen molar-refractivity contribution in [2.75, 3.05) is 19.0 Å². The number of carboxylic acid groups (broad SMARTS) is 1. The fourth-order valence-electron chi connectivity index (χ4n) is 2.24. The predicted molar refractivity (Wildman–Crippen MR) is 89.6 cm³/mol. The van der Waals surface area contributed by atoms with Gasteiger partial charge in [-0.25, -0.2) is 4.79 Å². The molecule has 0 aliphatic rings. The highest BCUT2D eigenvalue weighted by molar-refractivity contribution is 5.89. The Bertz CT molecular complexity index is 697. The third-order valence-electron chi connectivity index (χ3n) is 3.50. The van der Waals surface area contributed by atoms with Gasteiger partial charge in [-0.3, -0.25) is 0 Å². The number of rotatable bonds is 7. The van der Waals surface area contributed by atoms with E-state index < -0.39 is 5.97 Å². The summed E-state index contributed by atoms with van der Waals surface area (Å²) in [6.07, 6.45) is 0.